The monoisotopic (exact) mass is 381 g/mol. The molecule has 0 saturated heterocycles. The molecular weight excluding hydrogens is 366 g/mol. The second kappa shape index (κ2) is 7.99. The number of pyridine rings is 1. The van der Waals surface area contributed by atoms with Gasteiger partial charge in [-0.3, -0.25) is 19.6 Å². The number of nitrogens with zero attached hydrogens (tertiary/aromatic N) is 3. The van der Waals surface area contributed by atoms with Gasteiger partial charge in [0.25, 0.3) is 11.5 Å². The Morgan fingerprint density at radius 2 is 2.07 bits per heavy atom. The van der Waals surface area contributed by atoms with Crippen LogP contribution in [0.5, 0.6) is 11.6 Å². The van der Waals surface area contributed by atoms with Crippen molar-refractivity contribution in [3.05, 3.63) is 80.8 Å². The molecule has 0 aliphatic heterocycles. The second-order valence-corrected chi connectivity index (χ2v) is 5.44. The lowest BCUT2D eigenvalue weighted by Crippen LogP contribution is -2.31. The number of rotatable bonds is 5. The van der Waals surface area contributed by atoms with Gasteiger partial charge in [0.2, 0.25) is 5.88 Å². The van der Waals surface area contributed by atoms with E-state index in [-0.39, 0.29) is 16.8 Å². The van der Waals surface area contributed by atoms with Crippen LogP contribution in [0.3, 0.4) is 0 Å². The maximum Gasteiger partial charge on any atom is 0.335 e. The normalized spacial score (nSPS) is 10.8. The van der Waals surface area contributed by atoms with Gasteiger partial charge in [-0.05, 0) is 24.3 Å². The predicted molar refractivity (Wildman–Crippen MR) is 100 cm³/mol. The number of amides is 1. The molecule has 0 spiro atoms. The Morgan fingerprint density at radius 1 is 1.29 bits per heavy atom. The van der Waals surface area contributed by atoms with Crippen LogP contribution in [0, 0.1) is 0 Å². The Hall–Kier alpha value is -4.21. The van der Waals surface area contributed by atoms with Crippen molar-refractivity contribution in [2.45, 2.75) is 0 Å². The van der Waals surface area contributed by atoms with E-state index >= 15 is 0 Å². The Labute approximate surface area is 157 Å². The fraction of sp³-hybridized carbons (Fsp3) is 0.0556. The van der Waals surface area contributed by atoms with Crippen molar-refractivity contribution in [1.82, 2.24) is 20.0 Å². The molecule has 10 heteroatoms. The molecule has 3 rings (SSSR count). The zero-order valence-corrected chi connectivity index (χ0v) is 14.6. The summed E-state index contributed by atoms with van der Waals surface area (Å²) in [5.41, 5.74) is 0.646. The first-order chi connectivity index (χ1) is 13.5. The number of hydrazone groups is 1. The number of hydrogen-bond acceptors (Lipinski definition) is 7. The standard InChI is InChI=1S/C18H15N5O5/c1-28-14-7-3-2-6-13(14)23-17(26)12(16(25)21-18(23)27)10-20-22-15(24)11-5-4-8-19-9-11/h2-10,26H,1H3,(H,22,24)(H,21,25,27). The smallest absolute Gasteiger partial charge is 0.335 e. The van der Waals surface area contributed by atoms with Gasteiger partial charge in [0.15, 0.2) is 0 Å². The van der Waals surface area contributed by atoms with Gasteiger partial charge in [0, 0.05) is 12.4 Å². The molecule has 142 valence electrons. The Bertz CT molecular complexity index is 1150. The van der Waals surface area contributed by atoms with Gasteiger partial charge in [-0.2, -0.15) is 5.10 Å². The molecule has 0 fully saturated rings. The van der Waals surface area contributed by atoms with E-state index in [1.807, 2.05) is 0 Å². The van der Waals surface area contributed by atoms with Gasteiger partial charge >= 0.3 is 5.69 Å². The van der Waals surface area contributed by atoms with E-state index in [2.05, 4.69) is 20.5 Å². The number of nitrogens with one attached hydrogen (secondary N) is 2. The molecule has 28 heavy (non-hydrogen) atoms. The summed E-state index contributed by atoms with van der Waals surface area (Å²) < 4.78 is 6.05. The van der Waals surface area contributed by atoms with Crippen molar-refractivity contribution in [2.24, 2.45) is 5.10 Å². The third kappa shape index (κ3) is 3.65. The van der Waals surface area contributed by atoms with Gasteiger partial charge in [-0.25, -0.2) is 14.8 Å². The number of methoxy groups -OCH3 is 1. The van der Waals surface area contributed by atoms with Crippen molar-refractivity contribution in [3.63, 3.8) is 0 Å². The highest BCUT2D eigenvalue weighted by atomic mass is 16.5. The molecule has 0 saturated carbocycles. The van der Waals surface area contributed by atoms with Gasteiger partial charge < -0.3 is 9.84 Å². The fourth-order valence-electron chi connectivity index (χ4n) is 2.41. The summed E-state index contributed by atoms with van der Waals surface area (Å²) in [6, 6.07) is 9.56. The molecule has 1 amide bonds. The van der Waals surface area contributed by atoms with Crippen LogP contribution in [0.25, 0.3) is 5.69 Å². The molecule has 0 radical (unpaired) electrons. The number of carbonyl (C=O) groups excluding carboxylic acids is 1. The van der Waals surface area contributed by atoms with E-state index in [4.69, 9.17) is 4.74 Å². The van der Waals surface area contributed by atoms with Crippen LogP contribution in [-0.2, 0) is 0 Å². The number of benzene rings is 1. The molecule has 0 aliphatic carbocycles. The fourth-order valence-corrected chi connectivity index (χ4v) is 2.41. The Morgan fingerprint density at radius 3 is 2.79 bits per heavy atom. The lowest BCUT2D eigenvalue weighted by molar-refractivity contribution is 0.0954. The predicted octanol–water partition coefficient (Wildman–Crippen LogP) is 0.399. The highest BCUT2D eigenvalue weighted by molar-refractivity contribution is 5.94. The summed E-state index contributed by atoms with van der Waals surface area (Å²) in [5, 5.41) is 14.1. The maximum atomic E-state index is 12.2. The number of para-hydroxylation sites is 2. The summed E-state index contributed by atoms with van der Waals surface area (Å²) in [5.74, 6) is -0.907. The van der Waals surface area contributed by atoms with E-state index in [0.29, 0.717) is 5.75 Å². The molecule has 3 N–H and O–H groups in total. The van der Waals surface area contributed by atoms with Crippen molar-refractivity contribution < 1.29 is 14.6 Å². The first kappa shape index (κ1) is 18.6. The van der Waals surface area contributed by atoms with Crippen molar-refractivity contribution >= 4 is 12.1 Å². The second-order valence-electron chi connectivity index (χ2n) is 5.44. The number of H-pyrrole nitrogens is 1. The number of aromatic hydroxyl groups is 1. The molecule has 2 heterocycles. The number of hydrogen-bond donors (Lipinski definition) is 3. The van der Waals surface area contributed by atoms with Gasteiger partial charge in [-0.1, -0.05) is 12.1 Å². The molecule has 10 nitrogen and oxygen atoms in total. The molecule has 0 aliphatic rings. The lowest BCUT2D eigenvalue weighted by Gasteiger charge is -2.12. The van der Waals surface area contributed by atoms with Crippen molar-refractivity contribution in [1.29, 1.82) is 0 Å². The SMILES string of the molecule is COc1ccccc1-n1c(O)c(C=NNC(=O)c2cccnc2)c(=O)[nH]c1=O. The maximum absolute atomic E-state index is 12.2. The van der Waals surface area contributed by atoms with Gasteiger partial charge in [0.1, 0.15) is 11.3 Å². The molecule has 2 aromatic heterocycles. The molecule has 0 unspecified atom stereocenters. The van der Waals surface area contributed by atoms with Gasteiger partial charge in [0.05, 0.1) is 24.6 Å². The Kier molecular flexibility index (Phi) is 5.30. The molecule has 0 bridgehead atoms. The average Bonchev–Trinajstić information content (AvgIpc) is 2.71. The number of aromatic amines is 1. The molecular formula is C18H15N5O5. The van der Waals surface area contributed by atoms with E-state index in [1.54, 1.807) is 24.3 Å². The largest absolute Gasteiger partial charge is 0.495 e. The Balaban J connectivity index is 1.97. The summed E-state index contributed by atoms with van der Waals surface area (Å²) in [4.78, 5) is 42.1. The van der Waals surface area contributed by atoms with E-state index < -0.39 is 23.0 Å². The summed E-state index contributed by atoms with van der Waals surface area (Å²) in [6.07, 6.45) is 3.80. The van der Waals surface area contributed by atoms with Crippen LogP contribution < -0.4 is 21.4 Å². The van der Waals surface area contributed by atoms with Gasteiger partial charge in [-0.15, -0.1) is 0 Å². The zero-order valence-electron chi connectivity index (χ0n) is 14.6. The van der Waals surface area contributed by atoms with Crippen LogP contribution in [-0.4, -0.2) is 38.9 Å². The van der Waals surface area contributed by atoms with E-state index in [1.165, 1.54) is 31.6 Å². The third-order valence-corrected chi connectivity index (χ3v) is 3.73. The number of aromatic nitrogens is 3. The van der Waals surface area contributed by atoms with Crippen molar-refractivity contribution in [3.8, 4) is 17.3 Å². The quantitative estimate of drug-likeness (QED) is 0.432. The number of ether oxygens (including phenoxy) is 1. The van der Waals surface area contributed by atoms with Crippen LogP contribution in [0.1, 0.15) is 15.9 Å². The first-order valence-electron chi connectivity index (χ1n) is 7.98. The van der Waals surface area contributed by atoms with E-state index in [0.717, 1.165) is 10.8 Å². The zero-order chi connectivity index (χ0) is 20.1. The third-order valence-electron chi connectivity index (χ3n) is 3.73. The van der Waals surface area contributed by atoms with Crippen LogP contribution in [0.4, 0.5) is 0 Å². The molecule has 1 aromatic carbocycles. The van der Waals surface area contributed by atoms with E-state index in [9.17, 15) is 19.5 Å². The van der Waals surface area contributed by atoms with Crippen molar-refractivity contribution in [2.75, 3.05) is 7.11 Å². The summed E-state index contributed by atoms with van der Waals surface area (Å²) >= 11 is 0. The molecule has 3 aromatic rings. The minimum Gasteiger partial charge on any atom is -0.495 e. The number of carbonyl (C=O) groups is 1. The van der Waals surface area contributed by atoms with Crippen LogP contribution in [0.15, 0.2) is 63.5 Å². The summed E-state index contributed by atoms with van der Waals surface area (Å²) in [6.45, 7) is 0. The minimum absolute atomic E-state index is 0.220. The highest BCUT2D eigenvalue weighted by Gasteiger charge is 2.17. The summed E-state index contributed by atoms with van der Waals surface area (Å²) in [7, 11) is 1.41. The molecule has 0 atom stereocenters. The topological polar surface area (TPSA) is 139 Å². The van der Waals surface area contributed by atoms with Crippen LogP contribution in [0.2, 0.25) is 0 Å². The highest BCUT2D eigenvalue weighted by Crippen LogP contribution is 2.24. The average molecular weight is 381 g/mol. The first-order valence-corrected chi connectivity index (χ1v) is 7.98. The lowest BCUT2D eigenvalue weighted by atomic mass is 10.2. The van der Waals surface area contributed by atoms with Crippen LogP contribution >= 0.6 is 0 Å². The minimum atomic E-state index is -0.868.